The summed E-state index contributed by atoms with van der Waals surface area (Å²) < 4.78 is 0. The first-order valence-electron chi connectivity index (χ1n) is 4.73. The number of aromatic nitrogens is 2. The highest BCUT2D eigenvalue weighted by Crippen LogP contribution is 2.17. The predicted octanol–water partition coefficient (Wildman–Crippen LogP) is 0.569. The maximum Gasteiger partial charge on any atom is 0.243 e. The van der Waals surface area contributed by atoms with Crippen molar-refractivity contribution in [2.45, 2.75) is 25.3 Å². The van der Waals surface area contributed by atoms with Crippen LogP contribution >= 0.6 is 0 Å². The zero-order chi connectivity index (χ0) is 9.97. The molecule has 1 aliphatic rings. The van der Waals surface area contributed by atoms with E-state index >= 15 is 0 Å². The molecule has 4 heteroatoms. The van der Waals surface area contributed by atoms with Crippen LogP contribution in [-0.2, 0) is 17.6 Å². The number of nitrogens with zero attached hydrogens (tertiary/aromatic N) is 1. The fourth-order valence-electron chi connectivity index (χ4n) is 1.78. The van der Waals surface area contributed by atoms with Gasteiger partial charge in [0.15, 0.2) is 0 Å². The Morgan fingerprint density at radius 1 is 1.79 bits per heavy atom. The van der Waals surface area contributed by atoms with E-state index in [9.17, 15) is 4.79 Å². The minimum Gasteiger partial charge on any atom is -0.349 e. The molecule has 1 heterocycles. The number of carbonyl (C=O) groups excluding carboxylic acids is 1. The minimum absolute atomic E-state index is 0.103. The molecule has 14 heavy (non-hydrogen) atoms. The number of fused-ring (bicyclic) bond motifs is 1. The zero-order valence-corrected chi connectivity index (χ0v) is 7.92. The normalized spacial score (nSPS) is 19.9. The number of hydrogen-bond acceptors (Lipinski definition) is 2. The van der Waals surface area contributed by atoms with E-state index in [2.05, 4.69) is 21.9 Å². The lowest BCUT2D eigenvalue weighted by molar-refractivity contribution is -0.117. The summed E-state index contributed by atoms with van der Waals surface area (Å²) in [6.07, 6.45) is 5.76. The maximum atomic E-state index is 11.1. The van der Waals surface area contributed by atoms with Crippen molar-refractivity contribution in [3.63, 3.8) is 0 Å². The molecular weight excluding hydrogens is 178 g/mol. The van der Waals surface area contributed by atoms with Crippen LogP contribution in [0.25, 0.3) is 0 Å². The Morgan fingerprint density at radius 2 is 2.64 bits per heavy atom. The number of imidazole rings is 1. The first-order chi connectivity index (χ1) is 6.79. The van der Waals surface area contributed by atoms with Crippen molar-refractivity contribution < 1.29 is 4.79 Å². The summed E-state index contributed by atoms with van der Waals surface area (Å²) in [5.41, 5.74) is 2.28. The lowest BCUT2D eigenvalue weighted by Gasteiger charge is -2.21. The first-order valence-corrected chi connectivity index (χ1v) is 4.73. The van der Waals surface area contributed by atoms with E-state index in [0.717, 1.165) is 25.0 Å². The monoisotopic (exact) mass is 191 g/mol. The molecule has 2 rings (SSSR count). The van der Waals surface area contributed by atoms with Crippen molar-refractivity contribution in [1.29, 1.82) is 0 Å². The smallest absolute Gasteiger partial charge is 0.243 e. The summed E-state index contributed by atoms with van der Waals surface area (Å²) in [6, 6.07) is 0.205. The van der Waals surface area contributed by atoms with Gasteiger partial charge in [-0.15, -0.1) is 0 Å². The number of aryl methyl sites for hydroxylation is 1. The largest absolute Gasteiger partial charge is 0.349 e. The van der Waals surface area contributed by atoms with Gasteiger partial charge in [-0.3, -0.25) is 4.79 Å². The predicted molar refractivity (Wildman–Crippen MR) is 52.7 cm³/mol. The van der Waals surface area contributed by atoms with Crippen molar-refractivity contribution in [3.05, 3.63) is 30.4 Å². The Hall–Kier alpha value is -1.58. The molecule has 4 nitrogen and oxygen atoms in total. The van der Waals surface area contributed by atoms with Crippen LogP contribution in [0.15, 0.2) is 19.0 Å². The number of aromatic amines is 1. The summed E-state index contributed by atoms with van der Waals surface area (Å²) in [5.74, 6) is -0.103. The van der Waals surface area contributed by atoms with Crippen LogP contribution in [0.5, 0.6) is 0 Å². The van der Waals surface area contributed by atoms with Gasteiger partial charge in [-0.1, -0.05) is 6.58 Å². The molecule has 0 aliphatic heterocycles. The second-order valence-corrected chi connectivity index (χ2v) is 3.48. The van der Waals surface area contributed by atoms with Crippen molar-refractivity contribution in [1.82, 2.24) is 15.3 Å². The highest BCUT2D eigenvalue weighted by molar-refractivity contribution is 5.87. The summed E-state index contributed by atoms with van der Waals surface area (Å²) in [4.78, 5) is 18.4. The van der Waals surface area contributed by atoms with E-state index in [0.29, 0.717) is 0 Å². The third kappa shape index (κ3) is 1.69. The van der Waals surface area contributed by atoms with E-state index in [1.807, 2.05) is 0 Å². The molecule has 2 N–H and O–H groups in total. The minimum atomic E-state index is -0.103. The van der Waals surface area contributed by atoms with E-state index in [1.165, 1.54) is 11.8 Å². The molecular formula is C10H13N3O. The van der Waals surface area contributed by atoms with E-state index in [-0.39, 0.29) is 11.9 Å². The molecule has 0 aromatic carbocycles. The van der Waals surface area contributed by atoms with Crippen LogP contribution in [0.3, 0.4) is 0 Å². The summed E-state index contributed by atoms with van der Waals surface area (Å²) in [6.45, 7) is 3.43. The Morgan fingerprint density at radius 3 is 3.43 bits per heavy atom. The van der Waals surface area contributed by atoms with Gasteiger partial charge in [0.2, 0.25) is 5.91 Å². The first kappa shape index (κ1) is 8.99. The summed E-state index contributed by atoms with van der Waals surface area (Å²) in [7, 11) is 0. The molecule has 1 aromatic heterocycles. The van der Waals surface area contributed by atoms with Crippen LogP contribution in [-0.4, -0.2) is 21.9 Å². The van der Waals surface area contributed by atoms with Gasteiger partial charge in [-0.05, 0) is 18.9 Å². The Labute approximate surface area is 82.4 Å². The van der Waals surface area contributed by atoms with Crippen molar-refractivity contribution in [2.75, 3.05) is 0 Å². The molecule has 1 atom stereocenters. The molecule has 1 unspecified atom stereocenters. The quantitative estimate of drug-likeness (QED) is 0.671. The van der Waals surface area contributed by atoms with Gasteiger partial charge in [0.25, 0.3) is 0 Å². The van der Waals surface area contributed by atoms with Crippen LogP contribution in [0.4, 0.5) is 0 Å². The van der Waals surface area contributed by atoms with Crippen LogP contribution < -0.4 is 5.32 Å². The molecule has 1 amide bonds. The third-order valence-corrected chi connectivity index (χ3v) is 2.52. The Balaban J connectivity index is 2.00. The highest BCUT2D eigenvalue weighted by atomic mass is 16.1. The second-order valence-electron chi connectivity index (χ2n) is 3.48. The molecule has 0 fully saturated rings. The molecule has 0 saturated heterocycles. The molecule has 1 aromatic rings. The van der Waals surface area contributed by atoms with Crippen LogP contribution in [0.1, 0.15) is 17.8 Å². The fourth-order valence-corrected chi connectivity index (χ4v) is 1.78. The molecule has 74 valence electrons. The van der Waals surface area contributed by atoms with Gasteiger partial charge in [-0.2, -0.15) is 0 Å². The molecule has 0 bridgehead atoms. The number of hydrogen-bond donors (Lipinski definition) is 2. The van der Waals surface area contributed by atoms with Crippen LogP contribution in [0.2, 0.25) is 0 Å². The summed E-state index contributed by atoms with van der Waals surface area (Å²) >= 11 is 0. The topological polar surface area (TPSA) is 57.8 Å². The average Bonchev–Trinajstić information content (AvgIpc) is 2.64. The van der Waals surface area contributed by atoms with Crippen molar-refractivity contribution >= 4 is 5.91 Å². The lowest BCUT2D eigenvalue weighted by Crippen LogP contribution is -2.37. The number of amides is 1. The fraction of sp³-hybridized carbons (Fsp3) is 0.400. The second kappa shape index (κ2) is 3.65. The zero-order valence-electron chi connectivity index (χ0n) is 7.92. The van der Waals surface area contributed by atoms with Gasteiger partial charge >= 0.3 is 0 Å². The van der Waals surface area contributed by atoms with Gasteiger partial charge in [0, 0.05) is 18.2 Å². The number of carbonyl (C=O) groups is 1. The number of rotatable bonds is 2. The van der Waals surface area contributed by atoms with Gasteiger partial charge in [0.05, 0.1) is 12.0 Å². The molecule has 1 aliphatic carbocycles. The van der Waals surface area contributed by atoms with E-state index < -0.39 is 0 Å². The number of nitrogens with one attached hydrogen (secondary N) is 2. The number of H-pyrrole nitrogens is 1. The molecule has 0 spiro atoms. The Kier molecular flexibility index (Phi) is 2.35. The van der Waals surface area contributed by atoms with Crippen molar-refractivity contribution in [2.24, 2.45) is 0 Å². The Bertz CT molecular complexity index is 356. The van der Waals surface area contributed by atoms with Crippen LogP contribution in [0, 0.1) is 0 Å². The lowest BCUT2D eigenvalue weighted by atomic mass is 9.96. The SMILES string of the molecule is C=CC(=O)NC1CCc2[nH]cnc2C1. The third-order valence-electron chi connectivity index (χ3n) is 2.52. The highest BCUT2D eigenvalue weighted by Gasteiger charge is 2.20. The van der Waals surface area contributed by atoms with Gasteiger partial charge in [0.1, 0.15) is 0 Å². The summed E-state index contributed by atoms with van der Waals surface area (Å²) in [5, 5.41) is 2.89. The van der Waals surface area contributed by atoms with Crippen molar-refractivity contribution in [3.8, 4) is 0 Å². The van der Waals surface area contributed by atoms with E-state index in [1.54, 1.807) is 6.33 Å². The molecule has 0 radical (unpaired) electrons. The maximum absolute atomic E-state index is 11.1. The average molecular weight is 191 g/mol. The van der Waals surface area contributed by atoms with Gasteiger partial charge < -0.3 is 10.3 Å². The standard InChI is InChI=1S/C10H13N3O/c1-2-10(14)13-7-3-4-8-9(5-7)12-6-11-8/h2,6-7H,1,3-5H2,(H,11,12)(H,13,14). The van der Waals surface area contributed by atoms with E-state index in [4.69, 9.17) is 0 Å². The van der Waals surface area contributed by atoms with Gasteiger partial charge in [-0.25, -0.2) is 4.98 Å². The molecule has 0 saturated carbocycles.